The summed E-state index contributed by atoms with van der Waals surface area (Å²) in [6, 6.07) is 11.1. The summed E-state index contributed by atoms with van der Waals surface area (Å²) in [6.07, 6.45) is 1.58. The van der Waals surface area contributed by atoms with E-state index in [1.165, 1.54) is 6.21 Å². The van der Waals surface area contributed by atoms with Gasteiger partial charge in [-0.25, -0.2) is 5.43 Å². The second-order valence-corrected chi connectivity index (χ2v) is 6.27. The minimum absolute atomic E-state index is 0.0355. The molecule has 0 atom stereocenters. The van der Waals surface area contributed by atoms with Gasteiger partial charge < -0.3 is 14.8 Å². The molecule has 0 radical (unpaired) electrons. The predicted octanol–water partition coefficient (Wildman–Crippen LogP) is 3.19. The molecule has 2 rings (SSSR count). The van der Waals surface area contributed by atoms with Gasteiger partial charge in [-0.05, 0) is 43.2 Å². The SMILES string of the molecule is COc1ccc(/C=N/NC(=O)CCC(=O)Nc2cc(C)ccc2C)c(OC)c1. The van der Waals surface area contributed by atoms with Crippen LogP contribution < -0.4 is 20.2 Å². The number of anilines is 1. The molecule has 2 amide bonds. The normalized spacial score (nSPS) is 10.6. The summed E-state index contributed by atoms with van der Waals surface area (Å²) in [5.41, 5.74) is 5.90. The van der Waals surface area contributed by atoms with Gasteiger partial charge in [0, 0.05) is 30.2 Å². The van der Waals surface area contributed by atoms with Crippen LogP contribution >= 0.6 is 0 Å². The van der Waals surface area contributed by atoms with Gasteiger partial charge in [-0.3, -0.25) is 9.59 Å². The second-order valence-electron chi connectivity index (χ2n) is 6.27. The average molecular weight is 383 g/mol. The van der Waals surface area contributed by atoms with Crippen molar-refractivity contribution in [3.8, 4) is 11.5 Å². The summed E-state index contributed by atoms with van der Waals surface area (Å²) in [5.74, 6) is 0.669. The third-order valence-electron chi connectivity index (χ3n) is 4.08. The first-order valence-electron chi connectivity index (χ1n) is 8.84. The number of ether oxygens (including phenoxy) is 2. The number of nitrogens with one attached hydrogen (secondary N) is 2. The van der Waals surface area contributed by atoms with E-state index in [-0.39, 0.29) is 24.7 Å². The third kappa shape index (κ3) is 6.12. The Kier molecular flexibility index (Phi) is 7.56. The fraction of sp³-hybridized carbons (Fsp3) is 0.286. The summed E-state index contributed by atoms with van der Waals surface area (Å²) >= 11 is 0. The van der Waals surface area contributed by atoms with Gasteiger partial charge in [0.25, 0.3) is 0 Å². The highest BCUT2D eigenvalue weighted by Gasteiger charge is 2.09. The second kappa shape index (κ2) is 10.1. The van der Waals surface area contributed by atoms with E-state index in [1.54, 1.807) is 32.4 Å². The molecule has 28 heavy (non-hydrogen) atoms. The van der Waals surface area contributed by atoms with Gasteiger partial charge in [0.1, 0.15) is 11.5 Å². The molecule has 2 aromatic rings. The molecule has 0 unspecified atom stereocenters. The fourth-order valence-electron chi connectivity index (χ4n) is 2.47. The Labute approximate surface area is 164 Å². The van der Waals surface area contributed by atoms with Crippen LogP contribution in [0.4, 0.5) is 5.69 Å². The lowest BCUT2D eigenvalue weighted by Crippen LogP contribution is -2.21. The van der Waals surface area contributed by atoms with Crippen LogP contribution in [-0.4, -0.2) is 32.2 Å². The number of carbonyl (C=O) groups is 2. The quantitative estimate of drug-likeness (QED) is 0.541. The van der Waals surface area contributed by atoms with Crippen molar-refractivity contribution in [1.29, 1.82) is 0 Å². The molecule has 0 heterocycles. The van der Waals surface area contributed by atoms with Crippen LogP contribution in [0.1, 0.15) is 29.5 Å². The Morgan fingerprint density at radius 3 is 2.46 bits per heavy atom. The molecule has 0 spiro atoms. The highest BCUT2D eigenvalue weighted by atomic mass is 16.5. The molecule has 0 fully saturated rings. The minimum atomic E-state index is -0.347. The monoisotopic (exact) mass is 383 g/mol. The van der Waals surface area contributed by atoms with E-state index >= 15 is 0 Å². The lowest BCUT2D eigenvalue weighted by molar-refractivity contribution is -0.124. The smallest absolute Gasteiger partial charge is 0.240 e. The summed E-state index contributed by atoms with van der Waals surface area (Å²) in [6.45, 7) is 3.88. The maximum atomic E-state index is 12.1. The van der Waals surface area contributed by atoms with Gasteiger partial charge in [0.05, 0.1) is 20.4 Å². The summed E-state index contributed by atoms with van der Waals surface area (Å²) < 4.78 is 10.4. The molecule has 0 aliphatic carbocycles. The van der Waals surface area contributed by atoms with Crippen LogP contribution in [0.15, 0.2) is 41.5 Å². The number of methoxy groups -OCH3 is 2. The molecular weight excluding hydrogens is 358 g/mol. The van der Waals surface area contributed by atoms with Gasteiger partial charge in [-0.1, -0.05) is 12.1 Å². The van der Waals surface area contributed by atoms with E-state index in [2.05, 4.69) is 15.8 Å². The molecule has 0 aromatic heterocycles. The standard InChI is InChI=1S/C21H25N3O4/c1-14-5-6-15(2)18(11-14)23-20(25)9-10-21(26)24-22-13-16-7-8-17(27-3)12-19(16)28-4/h5-8,11-13H,9-10H2,1-4H3,(H,23,25)(H,24,26)/b22-13+. The van der Waals surface area contributed by atoms with Gasteiger partial charge in [-0.2, -0.15) is 5.10 Å². The molecule has 0 saturated carbocycles. The Hall–Kier alpha value is -3.35. The van der Waals surface area contributed by atoms with E-state index in [0.717, 1.165) is 16.8 Å². The van der Waals surface area contributed by atoms with Gasteiger partial charge in [0.2, 0.25) is 11.8 Å². The molecule has 0 saturated heterocycles. The maximum Gasteiger partial charge on any atom is 0.240 e. The first-order chi connectivity index (χ1) is 13.4. The van der Waals surface area contributed by atoms with Crippen LogP contribution in [-0.2, 0) is 9.59 Å². The lowest BCUT2D eigenvalue weighted by atomic mass is 10.1. The third-order valence-corrected chi connectivity index (χ3v) is 4.08. The van der Waals surface area contributed by atoms with Crippen molar-refractivity contribution >= 4 is 23.7 Å². The largest absolute Gasteiger partial charge is 0.497 e. The van der Waals surface area contributed by atoms with Crippen molar-refractivity contribution in [2.75, 3.05) is 19.5 Å². The van der Waals surface area contributed by atoms with E-state index < -0.39 is 0 Å². The Balaban J connectivity index is 1.83. The van der Waals surface area contributed by atoms with Gasteiger partial charge in [0.15, 0.2) is 0 Å². The lowest BCUT2D eigenvalue weighted by Gasteiger charge is -2.09. The fourth-order valence-corrected chi connectivity index (χ4v) is 2.47. The number of hydrogen-bond acceptors (Lipinski definition) is 5. The Bertz CT molecular complexity index is 878. The molecule has 2 aromatic carbocycles. The summed E-state index contributed by atoms with van der Waals surface area (Å²) in [7, 11) is 3.11. The van der Waals surface area contributed by atoms with Crippen molar-refractivity contribution in [3.05, 3.63) is 53.1 Å². The van der Waals surface area contributed by atoms with E-state index in [0.29, 0.717) is 17.1 Å². The number of benzene rings is 2. The van der Waals surface area contributed by atoms with Gasteiger partial charge in [-0.15, -0.1) is 0 Å². The maximum absolute atomic E-state index is 12.1. The average Bonchev–Trinajstić information content (AvgIpc) is 2.69. The molecule has 0 aliphatic heterocycles. The highest BCUT2D eigenvalue weighted by Crippen LogP contribution is 2.23. The van der Waals surface area contributed by atoms with E-state index in [4.69, 9.17) is 9.47 Å². The van der Waals surface area contributed by atoms with Crippen LogP contribution in [0.3, 0.4) is 0 Å². The van der Waals surface area contributed by atoms with Crippen molar-refractivity contribution in [1.82, 2.24) is 5.43 Å². The zero-order chi connectivity index (χ0) is 20.5. The highest BCUT2D eigenvalue weighted by molar-refractivity contribution is 5.94. The molecule has 7 heteroatoms. The molecule has 148 valence electrons. The number of carbonyl (C=O) groups excluding carboxylic acids is 2. The number of rotatable bonds is 8. The van der Waals surface area contributed by atoms with Crippen LogP contribution in [0.5, 0.6) is 11.5 Å². The minimum Gasteiger partial charge on any atom is -0.497 e. The number of hydrazone groups is 1. The van der Waals surface area contributed by atoms with Crippen LogP contribution in [0, 0.1) is 13.8 Å². The number of hydrogen-bond donors (Lipinski definition) is 2. The predicted molar refractivity (Wildman–Crippen MR) is 109 cm³/mol. The number of aryl methyl sites for hydroxylation is 2. The topological polar surface area (TPSA) is 89.0 Å². The van der Waals surface area contributed by atoms with E-state index in [9.17, 15) is 9.59 Å². The van der Waals surface area contributed by atoms with Crippen molar-refractivity contribution < 1.29 is 19.1 Å². The molecule has 0 bridgehead atoms. The van der Waals surface area contributed by atoms with Crippen molar-refractivity contribution in [3.63, 3.8) is 0 Å². The first kappa shape index (κ1) is 21.0. The summed E-state index contributed by atoms with van der Waals surface area (Å²) in [4.78, 5) is 24.0. The van der Waals surface area contributed by atoms with Crippen LogP contribution in [0.2, 0.25) is 0 Å². The number of amides is 2. The Morgan fingerprint density at radius 2 is 1.75 bits per heavy atom. The molecule has 7 nitrogen and oxygen atoms in total. The molecule has 0 aliphatic rings. The van der Waals surface area contributed by atoms with Crippen molar-refractivity contribution in [2.24, 2.45) is 5.10 Å². The first-order valence-corrected chi connectivity index (χ1v) is 8.84. The zero-order valence-electron chi connectivity index (χ0n) is 16.5. The number of nitrogens with zero attached hydrogens (tertiary/aromatic N) is 1. The Morgan fingerprint density at radius 1 is 1.00 bits per heavy atom. The van der Waals surface area contributed by atoms with Gasteiger partial charge >= 0.3 is 0 Å². The van der Waals surface area contributed by atoms with Crippen LogP contribution in [0.25, 0.3) is 0 Å². The summed E-state index contributed by atoms with van der Waals surface area (Å²) in [5, 5.41) is 6.74. The van der Waals surface area contributed by atoms with E-state index in [1.807, 2.05) is 32.0 Å². The zero-order valence-corrected chi connectivity index (χ0v) is 16.5. The molecule has 2 N–H and O–H groups in total. The van der Waals surface area contributed by atoms with Crippen molar-refractivity contribution in [2.45, 2.75) is 26.7 Å². The molecular formula is C21H25N3O4.